The van der Waals surface area contributed by atoms with E-state index in [0.29, 0.717) is 37.5 Å². The summed E-state index contributed by atoms with van der Waals surface area (Å²) in [5.41, 5.74) is 0. The van der Waals surface area contributed by atoms with Crippen LogP contribution in [-0.4, -0.2) is 49.3 Å². The molecule has 0 unspecified atom stereocenters. The van der Waals surface area contributed by atoms with Crippen LogP contribution in [0.5, 0.6) is 0 Å². The topological polar surface area (TPSA) is 84.5 Å². The number of nitrogens with one attached hydrogen (secondary N) is 2. The van der Waals surface area contributed by atoms with E-state index in [-0.39, 0.29) is 11.6 Å². The summed E-state index contributed by atoms with van der Waals surface area (Å²) in [4.78, 5) is 23.4. The highest BCUT2D eigenvalue weighted by Crippen LogP contribution is 2.19. The molecule has 2 aromatic heterocycles. The standard InChI is InChI=1S/C18H24N2O4S2/c21-15(17-3-1-11-23-17)5-7-19-9-13-25-26-14-10-20-8-6-16(22)18-4-2-12-24-18/h1-4,11-12,19-20H,5-10,13-14H2. The molecule has 0 amide bonds. The van der Waals surface area contributed by atoms with Crippen LogP contribution in [0.3, 0.4) is 0 Å². The zero-order valence-electron chi connectivity index (χ0n) is 14.6. The van der Waals surface area contributed by atoms with E-state index >= 15 is 0 Å². The highest BCUT2D eigenvalue weighted by atomic mass is 33.1. The van der Waals surface area contributed by atoms with Crippen molar-refractivity contribution in [3.63, 3.8) is 0 Å². The van der Waals surface area contributed by atoms with Crippen molar-refractivity contribution in [2.45, 2.75) is 12.8 Å². The molecule has 0 saturated carbocycles. The van der Waals surface area contributed by atoms with Gasteiger partial charge >= 0.3 is 0 Å². The monoisotopic (exact) mass is 396 g/mol. The van der Waals surface area contributed by atoms with E-state index in [9.17, 15) is 9.59 Å². The van der Waals surface area contributed by atoms with Gasteiger partial charge in [0.1, 0.15) is 0 Å². The van der Waals surface area contributed by atoms with Crippen molar-refractivity contribution in [1.29, 1.82) is 0 Å². The fourth-order valence-electron chi connectivity index (χ4n) is 2.12. The first kappa shape index (κ1) is 20.8. The molecule has 0 aliphatic rings. The molecule has 2 N–H and O–H groups in total. The molecule has 0 saturated heterocycles. The van der Waals surface area contributed by atoms with Crippen molar-refractivity contribution in [2.24, 2.45) is 0 Å². The second kappa shape index (κ2) is 12.8. The van der Waals surface area contributed by atoms with Crippen LogP contribution in [0.15, 0.2) is 45.6 Å². The predicted octanol–water partition coefficient (Wildman–Crippen LogP) is 3.28. The Morgan fingerprint density at radius 2 is 1.23 bits per heavy atom. The third-order valence-electron chi connectivity index (χ3n) is 3.46. The molecule has 8 heteroatoms. The molecule has 0 atom stereocenters. The van der Waals surface area contributed by atoms with E-state index in [2.05, 4.69) is 10.6 Å². The summed E-state index contributed by atoms with van der Waals surface area (Å²) in [5, 5.41) is 6.51. The van der Waals surface area contributed by atoms with Crippen molar-refractivity contribution >= 4 is 33.2 Å². The summed E-state index contributed by atoms with van der Waals surface area (Å²) < 4.78 is 10.1. The summed E-state index contributed by atoms with van der Waals surface area (Å²) >= 11 is 0. The molecule has 0 spiro atoms. The number of hydrogen-bond donors (Lipinski definition) is 2. The normalized spacial score (nSPS) is 10.9. The number of rotatable bonds is 15. The number of furan rings is 2. The van der Waals surface area contributed by atoms with Gasteiger partial charge in [-0.25, -0.2) is 0 Å². The molecule has 2 rings (SSSR count). The molecule has 0 aliphatic carbocycles. The van der Waals surface area contributed by atoms with Crippen molar-refractivity contribution < 1.29 is 18.4 Å². The summed E-state index contributed by atoms with van der Waals surface area (Å²) in [6.45, 7) is 3.06. The summed E-state index contributed by atoms with van der Waals surface area (Å²) in [6.07, 6.45) is 3.93. The van der Waals surface area contributed by atoms with Gasteiger partial charge in [0.2, 0.25) is 0 Å². The SMILES string of the molecule is O=C(CCNCCSSCCNCCC(=O)c1ccco1)c1ccco1. The van der Waals surface area contributed by atoms with Gasteiger partial charge in [-0.05, 0) is 24.3 Å². The highest BCUT2D eigenvalue weighted by Gasteiger charge is 2.08. The van der Waals surface area contributed by atoms with Crippen LogP contribution in [0.4, 0.5) is 0 Å². The molecule has 142 valence electrons. The van der Waals surface area contributed by atoms with Gasteiger partial charge < -0.3 is 19.5 Å². The Kier molecular flexibility index (Phi) is 10.3. The third kappa shape index (κ3) is 8.27. The Balaban J connectivity index is 1.33. The first-order valence-corrected chi connectivity index (χ1v) is 11.1. The first-order chi connectivity index (χ1) is 12.8. The van der Waals surface area contributed by atoms with Gasteiger partial charge in [-0.2, -0.15) is 0 Å². The van der Waals surface area contributed by atoms with Crippen LogP contribution >= 0.6 is 21.6 Å². The zero-order valence-corrected chi connectivity index (χ0v) is 16.2. The molecule has 0 fully saturated rings. The van der Waals surface area contributed by atoms with Gasteiger partial charge in [-0.1, -0.05) is 21.6 Å². The minimum Gasteiger partial charge on any atom is -0.461 e. The van der Waals surface area contributed by atoms with Gasteiger partial charge in [0.15, 0.2) is 23.1 Å². The van der Waals surface area contributed by atoms with Crippen LogP contribution < -0.4 is 10.6 Å². The number of hydrogen-bond acceptors (Lipinski definition) is 8. The molecule has 0 aliphatic heterocycles. The van der Waals surface area contributed by atoms with Crippen LogP contribution in [0, 0.1) is 0 Å². The molecule has 6 nitrogen and oxygen atoms in total. The van der Waals surface area contributed by atoms with Gasteiger partial charge in [0.25, 0.3) is 0 Å². The summed E-state index contributed by atoms with van der Waals surface area (Å²) in [5.74, 6) is 2.88. The Morgan fingerprint density at radius 1 is 0.769 bits per heavy atom. The maximum absolute atomic E-state index is 11.7. The Morgan fingerprint density at radius 3 is 1.62 bits per heavy atom. The predicted molar refractivity (Wildman–Crippen MR) is 106 cm³/mol. The van der Waals surface area contributed by atoms with Gasteiger partial charge in [-0.3, -0.25) is 9.59 Å². The van der Waals surface area contributed by atoms with Crippen LogP contribution in [0.2, 0.25) is 0 Å². The fourth-order valence-corrected chi connectivity index (χ4v) is 4.02. The quantitative estimate of drug-likeness (QED) is 0.270. The molecule has 26 heavy (non-hydrogen) atoms. The van der Waals surface area contributed by atoms with Gasteiger partial charge in [0.05, 0.1) is 12.5 Å². The van der Waals surface area contributed by atoms with Crippen molar-refractivity contribution in [3.05, 3.63) is 48.3 Å². The molecule has 0 bridgehead atoms. The van der Waals surface area contributed by atoms with Gasteiger partial charge in [-0.15, -0.1) is 0 Å². The first-order valence-electron chi connectivity index (χ1n) is 8.56. The van der Waals surface area contributed by atoms with Crippen LogP contribution in [0.1, 0.15) is 34.0 Å². The van der Waals surface area contributed by atoms with Crippen LogP contribution in [0.25, 0.3) is 0 Å². The van der Waals surface area contributed by atoms with E-state index in [1.165, 1.54) is 12.5 Å². The largest absolute Gasteiger partial charge is 0.461 e. The number of ketones is 2. The molecule has 0 radical (unpaired) electrons. The second-order valence-electron chi connectivity index (χ2n) is 5.44. The molecular formula is C18H24N2O4S2. The average Bonchev–Trinajstić information content (AvgIpc) is 3.35. The highest BCUT2D eigenvalue weighted by molar-refractivity contribution is 8.76. The molecule has 0 aromatic carbocycles. The minimum absolute atomic E-state index is 0.0288. The van der Waals surface area contributed by atoms with E-state index in [1.54, 1.807) is 45.9 Å². The van der Waals surface area contributed by atoms with Crippen LogP contribution in [-0.2, 0) is 0 Å². The lowest BCUT2D eigenvalue weighted by Crippen LogP contribution is -2.21. The lowest BCUT2D eigenvalue weighted by atomic mass is 10.2. The zero-order chi connectivity index (χ0) is 18.5. The van der Waals surface area contributed by atoms with Gasteiger partial charge in [0, 0.05) is 50.5 Å². The van der Waals surface area contributed by atoms with E-state index < -0.39 is 0 Å². The Labute approximate surface area is 161 Å². The Hall–Kier alpha value is -1.48. The second-order valence-corrected chi connectivity index (χ2v) is 8.15. The minimum atomic E-state index is 0.0288. The lowest BCUT2D eigenvalue weighted by molar-refractivity contribution is 0.0948. The lowest BCUT2D eigenvalue weighted by Gasteiger charge is -2.05. The number of carbonyl (C=O) groups excluding carboxylic acids is 2. The van der Waals surface area contributed by atoms with Crippen molar-refractivity contribution in [2.75, 3.05) is 37.7 Å². The summed E-state index contributed by atoms with van der Waals surface area (Å²) in [7, 11) is 3.60. The Bertz CT molecular complexity index is 573. The maximum Gasteiger partial charge on any atom is 0.199 e. The molecular weight excluding hydrogens is 372 g/mol. The van der Waals surface area contributed by atoms with E-state index in [0.717, 1.165) is 24.6 Å². The molecule has 2 heterocycles. The van der Waals surface area contributed by atoms with E-state index in [1.807, 2.05) is 0 Å². The summed E-state index contributed by atoms with van der Waals surface area (Å²) in [6, 6.07) is 6.83. The number of Topliss-reactive ketones (excluding diaryl/α,β-unsaturated/α-hetero) is 2. The third-order valence-corrected chi connectivity index (χ3v) is 5.87. The molecule has 2 aromatic rings. The maximum atomic E-state index is 11.7. The number of carbonyl (C=O) groups is 2. The van der Waals surface area contributed by atoms with E-state index in [4.69, 9.17) is 8.83 Å². The average molecular weight is 397 g/mol. The van der Waals surface area contributed by atoms with Crippen molar-refractivity contribution in [3.8, 4) is 0 Å². The smallest absolute Gasteiger partial charge is 0.199 e. The fraction of sp³-hybridized carbons (Fsp3) is 0.444. The van der Waals surface area contributed by atoms with Crippen molar-refractivity contribution in [1.82, 2.24) is 10.6 Å².